The van der Waals surface area contributed by atoms with Crippen LogP contribution in [-0.4, -0.2) is 69.5 Å². The summed E-state index contributed by atoms with van der Waals surface area (Å²) in [6, 6.07) is 22.9. The second kappa shape index (κ2) is 15.5. The molecule has 0 atom stereocenters. The van der Waals surface area contributed by atoms with Crippen molar-refractivity contribution in [3.8, 4) is 11.1 Å². The number of halogens is 3. The molecule has 0 spiro atoms. The summed E-state index contributed by atoms with van der Waals surface area (Å²) in [4.78, 5) is 67.0. The number of benzene rings is 4. The van der Waals surface area contributed by atoms with E-state index < -0.39 is 53.5 Å². The fourth-order valence-electron chi connectivity index (χ4n) is 5.19. The highest BCUT2D eigenvalue weighted by Crippen LogP contribution is 2.33. The maximum absolute atomic E-state index is 13.5. The molecule has 10 nitrogen and oxygen atoms in total. The first-order chi connectivity index (χ1) is 23.7. The van der Waals surface area contributed by atoms with Crippen LogP contribution in [0.1, 0.15) is 37.4 Å². The number of nitrogens with one attached hydrogen (secondary N) is 1. The summed E-state index contributed by atoms with van der Waals surface area (Å²) in [6.45, 7) is -0.731. The lowest BCUT2D eigenvalue weighted by atomic mass is 9.81. The van der Waals surface area contributed by atoms with Crippen molar-refractivity contribution in [3.63, 3.8) is 0 Å². The molecule has 13 heteroatoms. The molecule has 0 heterocycles. The standard InChI is InChI=1S/C37H33F3N2O8/c1-42(2)33(45)29-20-23(21-31(43)50-22-36(34(46)48-3,35(47)49-4)25-10-6-5-7-11-25)14-19-30(29)41-32(44)28-13-9-8-12-27(28)24-15-17-26(18-16-24)37(38,39)40/h5-20H,21-22H2,1-4H3,(H,41,44). The first-order valence-electron chi connectivity index (χ1n) is 15.0. The second-order valence-corrected chi connectivity index (χ2v) is 11.2. The van der Waals surface area contributed by atoms with Crippen LogP contribution in [0.5, 0.6) is 0 Å². The van der Waals surface area contributed by atoms with Crippen molar-refractivity contribution in [3.05, 3.63) is 125 Å². The van der Waals surface area contributed by atoms with E-state index in [1.54, 1.807) is 36.4 Å². The van der Waals surface area contributed by atoms with Crippen LogP contribution < -0.4 is 5.32 Å². The Morgan fingerprint density at radius 2 is 1.32 bits per heavy atom. The minimum absolute atomic E-state index is 0.0309. The van der Waals surface area contributed by atoms with Gasteiger partial charge in [-0.2, -0.15) is 13.2 Å². The first-order valence-corrected chi connectivity index (χ1v) is 15.0. The van der Waals surface area contributed by atoms with Gasteiger partial charge in [0.05, 0.1) is 37.5 Å². The van der Waals surface area contributed by atoms with E-state index in [9.17, 15) is 37.1 Å². The van der Waals surface area contributed by atoms with E-state index in [1.165, 1.54) is 67.5 Å². The van der Waals surface area contributed by atoms with Crippen LogP contribution in [0, 0.1) is 0 Å². The summed E-state index contributed by atoms with van der Waals surface area (Å²) in [5.74, 6) is -3.98. The Balaban J connectivity index is 1.59. The molecule has 0 saturated carbocycles. The Bertz CT molecular complexity index is 1880. The molecular weight excluding hydrogens is 657 g/mol. The van der Waals surface area contributed by atoms with E-state index in [0.29, 0.717) is 16.7 Å². The number of hydrogen-bond donors (Lipinski definition) is 1. The van der Waals surface area contributed by atoms with Gasteiger partial charge in [-0.3, -0.25) is 24.0 Å². The van der Waals surface area contributed by atoms with Gasteiger partial charge in [0.25, 0.3) is 11.8 Å². The molecule has 0 unspecified atom stereocenters. The summed E-state index contributed by atoms with van der Waals surface area (Å²) in [5.41, 5.74) is -1.42. The lowest BCUT2D eigenvalue weighted by molar-refractivity contribution is -0.167. The minimum atomic E-state index is -4.52. The lowest BCUT2D eigenvalue weighted by Gasteiger charge is -2.28. The molecular formula is C37H33F3N2O8. The summed E-state index contributed by atoms with van der Waals surface area (Å²) in [5, 5.41) is 2.70. The zero-order chi connectivity index (χ0) is 36.6. The third-order valence-corrected chi connectivity index (χ3v) is 7.80. The molecule has 0 radical (unpaired) electrons. The van der Waals surface area contributed by atoms with Gasteiger partial charge in [-0.05, 0) is 52.6 Å². The van der Waals surface area contributed by atoms with Crippen LogP contribution in [-0.2, 0) is 46.6 Å². The van der Waals surface area contributed by atoms with E-state index in [-0.39, 0.29) is 28.8 Å². The summed E-state index contributed by atoms with van der Waals surface area (Å²) >= 11 is 0. The highest BCUT2D eigenvalue weighted by Gasteiger charge is 2.51. The third-order valence-electron chi connectivity index (χ3n) is 7.80. The Kier molecular flexibility index (Phi) is 11.4. The molecule has 0 aliphatic carbocycles. The number of methoxy groups -OCH3 is 2. The van der Waals surface area contributed by atoms with E-state index in [2.05, 4.69) is 5.32 Å². The molecule has 2 amide bonds. The molecule has 260 valence electrons. The maximum atomic E-state index is 13.5. The second-order valence-electron chi connectivity index (χ2n) is 11.2. The number of nitrogens with zero attached hydrogens (tertiary/aromatic N) is 1. The predicted octanol–water partition coefficient (Wildman–Crippen LogP) is 5.70. The molecule has 50 heavy (non-hydrogen) atoms. The van der Waals surface area contributed by atoms with E-state index in [1.807, 2.05) is 0 Å². The van der Waals surface area contributed by atoms with Crippen molar-refractivity contribution in [1.29, 1.82) is 0 Å². The van der Waals surface area contributed by atoms with Gasteiger partial charge in [-0.1, -0.05) is 66.7 Å². The third kappa shape index (κ3) is 8.00. The number of esters is 3. The molecule has 0 saturated heterocycles. The molecule has 1 N–H and O–H groups in total. The fraction of sp³-hybridized carbons (Fsp3) is 0.216. The molecule has 0 fully saturated rings. The number of carbonyl (C=O) groups excluding carboxylic acids is 5. The number of alkyl halides is 3. The predicted molar refractivity (Wildman–Crippen MR) is 176 cm³/mol. The van der Waals surface area contributed by atoms with E-state index in [4.69, 9.17) is 14.2 Å². The van der Waals surface area contributed by atoms with E-state index in [0.717, 1.165) is 26.4 Å². The molecule has 0 aliphatic heterocycles. The number of rotatable bonds is 11. The minimum Gasteiger partial charge on any atom is -0.468 e. The molecule has 4 aromatic rings. The molecule has 4 rings (SSSR count). The van der Waals surface area contributed by atoms with E-state index >= 15 is 0 Å². The largest absolute Gasteiger partial charge is 0.468 e. The number of ether oxygens (including phenoxy) is 3. The Labute approximate surface area is 285 Å². The highest BCUT2D eigenvalue weighted by molar-refractivity contribution is 6.12. The normalized spacial score (nSPS) is 11.3. The fourth-order valence-corrected chi connectivity index (χ4v) is 5.19. The summed E-state index contributed by atoms with van der Waals surface area (Å²) < 4.78 is 54.5. The Morgan fingerprint density at radius 3 is 1.90 bits per heavy atom. The van der Waals surface area contributed by atoms with Crippen LogP contribution in [0.4, 0.5) is 18.9 Å². The van der Waals surface area contributed by atoms with Crippen LogP contribution in [0.2, 0.25) is 0 Å². The van der Waals surface area contributed by atoms with Crippen LogP contribution in [0.3, 0.4) is 0 Å². The van der Waals surface area contributed by atoms with Crippen LogP contribution in [0.25, 0.3) is 11.1 Å². The molecule has 0 bridgehead atoms. The maximum Gasteiger partial charge on any atom is 0.416 e. The van der Waals surface area contributed by atoms with Gasteiger partial charge in [0, 0.05) is 19.7 Å². The first kappa shape index (κ1) is 36.8. The highest BCUT2D eigenvalue weighted by atomic mass is 19.4. The summed E-state index contributed by atoms with van der Waals surface area (Å²) in [6.07, 6.45) is -4.90. The van der Waals surface area contributed by atoms with Gasteiger partial charge in [0.1, 0.15) is 6.61 Å². The SMILES string of the molecule is COC(=O)C(COC(=O)Cc1ccc(NC(=O)c2ccccc2-c2ccc(C(F)(F)F)cc2)c(C(=O)N(C)C)c1)(C(=O)OC)c1ccccc1. The van der Waals surface area contributed by atoms with Crippen LogP contribution in [0.15, 0.2) is 97.1 Å². The van der Waals surface area contributed by atoms with Crippen molar-refractivity contribution in [1.82, 2.24) is 4.90 Å². The lowest BCUT2D eigenvalue weighted by Crippen LogP contribution is -2.49. The van der Waals surface area contributed by atoms with Gasteiger partial charge >= 0.3 is 24.1 Å². The van der Waals surface area contributed by atoms with Crippen molar-refractivity contribution in [2.45, 2.75) is 18.0 Å². The monoisotopic (exact) mass is 690 g/mol. The van der Waals surface area contributed by atoms with Gasteiger partial charge in [0.2, 0.25) is 5.41 Å². The van der Waals surface area contributed by atoms with Crippen molar-refractivity contribution < 1.29 is 51.4 Å². The average Bonchev–Trinajstić information content (AvgIpc) is 3.11. The summed E-state index contributed by atoms with van der Waals surface area (Å²) in [7, 11) is 5.17. The Morgan fingerprint density at radius 1 is 0.720 bits per heavy atom. The zero-order valence-corrected chi connectivity index (χ0v) is 27.5. The number of amides is 2. The van der Waals surface area contributed by atoms with Gasteiger partial charge < -0.3 is 24.4 Å². The van der Waals surface area contributed by atoms with Crippen molar-refractivity contribution in [2.24, 2.45) is 0 Å². The smallest absolute Gasteiger partial charge is 0.416 e. The van der Waals surface area contributed by atoms with Gasteiger partial charge in [-0.15, -0.1) is 0 Å². The Hall–Kier alpha value is -5.98. The number of hydrogen-bond acceptors (Lipinski definition) is 8. The van der Waals surface area contributed by atoms with Gasteiger partial charge in [0.15, 0.2) is 0 Å². The quantitative estimate of drug-likeness (QED) is 0.121. The zero-order valence-electron chi connectivity index (χ0n) is 27.5. The molecule has 4 aromatic carbocycles. The average molecular weight is 691 g/mol. The van der Waals surface area contributed by atoms with Crippen molar-refractivity contribution >= 4 is 35.4 Å². The molecule has 0 aromatic heterocycles. The molecule has 0 aliphatic rings. The topological polar surface area (TPSA) is 128 Å². The van der Waals surface area contributed by atoms with Crippen LogP contribution >= 0.6 is 0 Å². The number of carbonyl (C=O) groups is 5. The number of anilines is 1. The van der Waals surface area contributed by atoms with Gasteiger partial charge in [-0.25, -0.2) is 0 Å². The van der Waals surface area contributed by atoms with Crippen molar-refractivity contribution in [2.75, 3.05) is 40.2 Å².